The summed E-state index contributed by atoms with van der Waals surface area (Å²) in [4.78, 5) is 25.1. The van der Waals surface area contributed by atoms with Gasteiger partial charge in [-0.2, -0.15) is 0 Å². The molecule has 152 valence electrons. The summed E-state index contributed by atoms with van der Waals surface area (Å²) in [6.45, 7) is 6.56. The molecule has 0 saturated heterocycles. The van der Waals surface area contributed by atoms with Crippen LogP contribution >= 0.6 is 23.1 Å². The Labute approximate surface area is 176 Å². The molecule has 3 aromatic rings. The number of allylic oxidation sites excluding steroid dienone is 1. The summed E-state index contributed by atoms with van der Waals surface area (Å²) < 4.78 is 7.19. The predicted molar refractivity (Wildman–Crippen MR) is 113 cm³/mol. The number of thiophene rings is 1. The van der Waals surface area contributed by atoms with Gasteiger partial charge in [0.25, 0.3) is 0 Å². The average Bonchev–Trinajstić information content (AvgIpc) is 3.42. The number of aromatic nitrogens is 3. The highest BCUT2D eigenvalue weighted by Crippen LogP contribution is 2.27. The quantitative estimate of drug-likeness (QED) is 0.398. The van der Waals surface area contributed by atoms with Crippen LogP contribution in [0, 0.1) is 6.92 Å². The Morgan fingerprint density at radius 1 is 1.38 bits per heavy atom. The Balaban J connectivity index is 1.51. The van der Waals surface area contributed by atoms with Gasteiger partial charge in [-0.3, -0.25) is 14.7 Å². The lowest BCUT2D eigenvalue weighted by Crippen LogP contribution is -2.41. The molecule has 0 aromatic carbocycles. The van der Waals surface area contributed by atoms with E-state index in [9.17, 15) is 9.59 Å². The molecular weight excluding hydrogens is 410 g/mol. The van der Waals surface area contributed by atoms with Gasteiger partial charge in [0.15, 0.2) is 11.0 Å². The first-order chi connectivity index (χ1) is 14.1. The van der Waals surface area contributed by atoms with Crippen LogP contribution in [-0.2, 0) is 17.8 Å². The number of aryl methyl sites for hydroxylation is 1. The third-order valence-corrected chi connectivity index (χ3v) is 5.85. The molecule has 3 aromatic heterocycles. The molecule has 0 aliphatic heterocycles. The molecule has 3 amide bonds. The van der Waals surface area contributed by atoms with Crippen LogP contribution < -0.4 is 10.6 Å². The summed E-state index contributed by atoms with van der Waals surface area (Å²) in [5.74, 6) is 1.01. The van der Waals surface area contributed by atoms with E-state index >= 15 is 0 Å². The largest absolute Gasteiger partial charge is 0.469 e. The standard InChI is InChI=1S/C19H21N5O3S2/c1-3-9-24-17(15-7-10-27-13(15)2)22-23-19(24)29-12-16(25)21-18(26)20-8-6-14-5-4-11-28-14/h3-5,7,10-11H,1,6,8-9,12H2,2H3,(H2,20,21,25,26). The van der Waals surface area contributed by atoms with Crippen molar-refractivity contribution in [2.45, 2.75) is 25.0 Å². The van der Waals surface area contributed by atoms with Crippen molar-refractivity contribution in [1.82, 2.24) is 25.4 Å². The minimum absolute atomic E-state index is 0.0397. The molecule has 3 rings (SSSR count). The van der Waals surface area contributed by atoms with Crippen molar-refractivity contribution in [3.63, 3.8) is 0 Å². The highest BCUT2D eigenvalue weighted by molar-refractivity contribution is 7.99. The van der Waals surface area contributed by atoms with E-state index in [1.165, 1.54) is 16.6 Å². The van der Waals surface area contributed by atoms with Gasteiger partial charge in [-0.1, -0.05) is 23.9 Å². The number of nitrogens with zero attached hydrogens (tertiary/aromatic N) is 3. The maximum atomic E-state index is 12.1. The number of hydrogen-bond acceptors (Lipinski definition) is 7. The van der Waals surface area contributed by atoms with Crippen molar-refractivity contribution in [3.05, 3.63) is 53.1 Å². The molecule has 0 spiro atoms. The number of carbonyl (C=O) groups excluding carboxylic acids is 2. The van der Waals surface area contributed by atoms with Crippen LogP contribution in [0.2, 0.25) is 0 Å². The fourth-order valence-electron chi connectivity index (χ4n) is 2.60. The van der Waals surface area contributed by atoms with Gasteiger partial charge < -0.3 is 9.73 Å². The number of hydrogen-bond donors (Lipinski definition) is 2. The van der Waals surface area contributed by atoms with E-state index in [2.05, 4.69) is 27.4 Å². The van der Waals surface area contributed by atoms with Crippen LogP contribution in [0.25, 0.3) is 11.4 Å². The second-order valence-electron chi connectivity index (χ2n) is 6.02. The van der Waals surface area contributed by atoms with Gasteiger partial charge in [0.1, 0.15) is 5.76 Å². The Morgan fingerprint density at radius 3 is 2.93 bits per heavy atom. The summed E-state index contributed by atoms with van der Waals surface area (Å²) in [6.07, 6.45) is 4.05. The SMILES string of the molecule is C=CCn1c(SCC(=O)NC(=O)NCCc2cccs2)nnc1-c1ccoc1C. The number of carbonyl (C=O) groups is 2. The summed E-state index contributed by atoms with van der Waals surface area (Å²) >= 11 is 2.83. The number of urea groups is 1. The Hall–Kier alpha value is -2.85. The number of nitrogens with one attached hydrogen (secondary N) is 2. The number of furan rings is 1. The maximum Gasteiger partial charge on any atom is 0.321 e. The van der Waals surface area contributed by atoms with E-state index in [-0.39, 0.29) is 5.75 Å². The van der Waals surface area contributed by atoms with E-state index in [4.69, 9.17) is 4.42 Å². The van der Waals surface area contributed by atoms with Crippen molar-refractivity contribution < 1.29 is 14.0 Å². The minimum Gasteiger partial charge on any atom is -0.469 e. The third-order valence-electron chi connectivity index (χ3n) is 3.95. The molecular formula is C19H21N5O3S2. The van der Waals surface area contributed by atoms with Crippen LogP contribution in [0.4, 0.5) is 4.79 Å². The zero-order valence-corrected chi connectivity index (χ0v) is 17.5. The van der Waals surface area contributed by atoms with Crippen molar-refractivity contribution in [2.24, 2.45) is 0 Å². The van der Waals surface area contributed by atoms with Gasteiger partial charge in [-0.25, -0.2) is 4.79 Å². The highest BCUT2D eigenvalue weighted by Gasteiger charge is 2.18. The average molecular weight is 432 g/mol. The lowest BCUT2D eigenvalue weighted by Gasteiger charge is -2.08. The maximum absolute atomic E-state index is 12.1. The first-order valence-corrected chi connectivity index (χ1v) is 10.8. The van der Waals surface area contributed by atoms with Crippen molar-refractivity contribution in [1.29, 1.82) is 0 Å². The number of imide groups is 1. The Morgan fingerprint density at radius 2 is 2.24 bits per heavy atom. The van der Waals surface area contributed by atoms with Crippen LogP contribution in [0.5, 0.6) is 0 Å². The van der Waals surface area contributed by atoms with E-state index in [1.807, 2.05) is 35.1 Å². The predicted octanol–water partition coefficient (Wildman–Crippen LogP) is 3.25. The molecule has 2 N–H and O–H groups in total. The van der Waals surface area contributed by atoms with E-state index in [0.29, 0.717) is 24.1 Å². The van der Waals surface area contributed by atoms with E-state index < -0.39 is 11.9 Å². The molecule has 0 atom stereocenters. The third kappa shape index (κ3) is 5.58. The fourth-order valence-corrected chi connectivity index (χ4v) is 4.05. The molecule has 0 aliphatic rings. The normalized spacial score (nSPS) is 10.7. The van der Waals surface area contributed by atoms with Gasteiger partial charge in [0, 0.05) is 18.0 Å². The van der Waals surface area contributed by atoms with Crippen LogP contribution in [-0.4, -0.2) is 39.0 Å². The van der Waals surface area contributed by atoms with Crippen LogP contribution in [0.1, 0.15) is 10.6 Å². The molecule has 0 radical (unpaired) electrons. The molecule has 0 fully saturated rings. The van der Waals surface area contributed by atoms with Crippen molar-refractivity contribution >= 4 is 35.0 Å². The second-order valence-corrected chi connectivity index (χ2v) is 7.99. The van der Waals surface area contributed by atoms with Gasteiger partial charge >= 0.3 is 6.03 Å². The Bertz CT molecular complexity index is 978. The lowest BCUT2D eigenvalue weighted by molar-refractivity contribution is -0.117. The number of thioether (sulfide) groups is 1. The summed E-state index contributed by atoms with van der Waals surface area (Å²) in [5, 5.41) is 15.9. The van der Waals surface area contributed by atoms with Gasteiger partial charge in [0.05, 0.1) is 17.6 Å². The van der Waals surface area contributed by atoms with E-state index in [0.717, 1.165) is 17.7 Å². The summed E-state index contributed by atoms with van der Waals surface area (Å²) in [5.41, 5.74) is 0.834. The van der Waals surface area contributed by atoms with E-state index in [1.54, 1.807) is 23.7 Å². The smallest absolute Gasteiger partial charge is 0.321 e. The van der Waals surface area contributed by atoms with Gasteiger partial charge in [-0.05, 0) is 30.9 Å². The fraction of sp³-hybridized carbons (Fsp3) is 0.263. The zero-order chi connectivity index (χ0) is 20.6. The highest BCUT2D eigenvalue weighted by atomic mass is 32.2. The van der Waals surface area contributed by atoms with Crippen LogP contribution in [0.15, 0.2) is 52.1 Å². The molecule has 0 bridgehead atoms. The zero-order valence-electron chi connectivity index (χ0n) is 15.9. The summed E-state index contributed by atoms with van der Waals surface area (Å²) in [7, 11) is 0. The van der Waals surface area contributed by atoms with Crippen molar-refractivity contribution in [2.75, 3.05) is 12.3 Å². The number of rotatable bonds is 9. The molecule has 29 heavy (non-hydrogen) atoms. The topological polar surface area (TPSA) is 102 Å². The monoisotopic (exact) mass is 431 g/mol. The van der Waals surface area contributed by atoms with Crippen molar-refractivity contribution in [3.8, 4) is 11.4 Å². The number of amides is 3. The first-order valence-electron chi connectivity index (χ1n) is 8.90. The molecule has 0 saturated carbocycles. The lowest BCUT2D eigenvalue weighted by atomic mass is 10.2. The van der Waals surface area contributed by atoms with Gasteiger partial charge in [-0.15, -0.1) is 28.1 Å². The molecule has 0 unspecified atom stereocenters. The summed E-state index contributed by atoms with van der Waals surface area (Å²) in [6, 6.07) is 5.28. The molecule has 0 aliphatic carbocycles. The first kappa shape index (κ1) is 20.9. The molecule has 3 heterocycles. The molecule has 10 heteroatoms. The Kier molecular flexibility index (Phi) is 7.25. The molecule has 8 nitrogen and oxygen atoms in total. The minimum atomic E-state index is -0.505. The second kappa shape index (κ2) is 10.1. The van der Waals surface area contributed by atoms with Gasteiger partial charge in [0.2, 0.25) is 5.91 Å². The van der Waals surface area contributed by atoms with Crippen LogP contribution in [0.3, 0.4) is 0 Å².